The van der Waals surface area contributed by atoms with E-state index in [4.69, 9.17) is 9.84 Å². The van der Waals surface area contributed by atoms with Gasteiger partial charge in [-0.25, -0.2) is 9.48 Å². The first-order valence-electron chi connectivity index (χ1n) is 12.8. The van der Waals surface area contributed by atoms with E-state index < -0.39 is 0 Å². The number of hydrogen-bond acceptors (Lipinski definition) is 5. The number of aromatic nitrogens is 6. The van der Waals surface area contributed by atoms with E-state index in [2.05, 4.69) is 56.3 Å². The van der Waals surface area contributed by atoms with E-state index in [1.807, 2.05) is 22.9 Å². The van der Waals surface area contributed by atoms with Crippen LogP contribution in [0.3, 0.4) is 0 Å². The molecule has 0 aliphatic heterocycles. The maximum Gasteiger partial charge on any atom is 0.368 e. The van der Waals surface area contributed by atoms with Crippen LogP contribution in [0.5, 0.6) is 5.75 Å². The van der Waals surface area contributed by atoms with E-state index in [1.165, 1.54) is 39.0 Å². The minimum atomic E-state index is -0.270. The molecule has 2 aromatic heterocycles. The van der Waals surface area contributed by atoms with Crippen LogP contribution < -0.4 is 10.4 Å². The first-order valence-corrected chi connectivity index (χ1v) is 12.8. The second-order valence-electron chi connectivity index (χ2n) is 9.82. The van der Waals surface area contributed by atoms with Crippen molar-refractivity contribution in [2.24, 2.45) is 7.05 Å². The lowest BCUT2D eigenvalue weighted by atomic mass is 10.0. The minimum Gasteiger partial charge on any atom is -0.489 e. The molecule has 1 saturated carbocycles. The lowest BCUT2D eigenvalue weighted by Crippen LogP contribution is -2.23. The zero-order chi connectivity index (χ0) is 25.4. The molecular formula is C28H34N6O2. The Hall–Kier alpha value is -3.68. The predicted octanol–water partition coefficient (Wildman–Crippen LogP) is 4.88. The molecule has 0 atom stereocenters. The number of aryl methyl sites for hydroxylation is 3. The number of unbranched alkanes of at least 4 members (excludes halogenated alkanes) is 1. The molecule has 36 heavy (non-hydrogen) atoms. The first-order chi connectivity index (χ1) is 17.4. The standard InChI is InChI=1S/C28H34N6O2/c1-6-7-9-23-19(3)29-33(20(23)4)22-14-15-27(18(2)16-22)36-17-25-24(21-12-13-21)10-8-11-26(25)34-28(35)32(5)30-31-34/h8,10-11,14-16,21H,6-7,9,12-13,17H2,1-5H3. The van der Waals surface area contributed by atoms with Crippen LogP contribution >= 0.6 is 0 Å². The summed E-state index contributed by atoms with van der Waals surface area (Å²) in [4.78, 5) is 12.6. The molecule has 2 heterocycles. The summed E-state index contributed by atoms with van der Waals surface area (Å²) in [5.41, 5.74) is 8.39. The minimum absolute atomic E-state index is 0.270. The average Bonchev–Trinajstić information content (AvgIpc) is 3.61. The fourth-order valence-corrected chi connectivity index (χ4v) is 4.91. The third-order valence-corrected chi connectivity index (χ3v) is 7.15. The van der Waals surface area contributed by atoms with Crippen molar-refractivity contribution in [3.05, 3.63) is 80.5 Å². The molecule has 0 amide bonds. The molecule has 0 saturated heterocycles. The van der Waals surface area contributed by atoms with Gasteiger partial charge in [-0.2, -0.15) is 14.5 Å². The van der Waals surface area contributed by atoms with Crippen LogP contribution in [0.4, 0.5) is 0 Å². The molecule has 0 N–H and O–H groups in total. The molecule has 8 heteroatoms. The number of benzene rings is 2. The number of tetrazole rings is 1. The quantitative estimate of drug-likeness (QED) is 0.337. The highest BCUT2D eigenvalue weighted by Gasteiger charge is 2.28. The summed E-state index contributed by atoms with van der Waals surface area (Å²) >= 11 is 0. The van der Waals surface area contributed by atoms with Gasteiger partial charge in [0, 0.05) is 18.3 Å². The zero-order valence-corrected chi connectivity index (χ0v) is 21.8. The molecule has 2 aromatic carbocycles. The Balaban J connectivity index is 1.42. The highest BCUT2D eigenvalue weighted by molar-refractivity contribution is 5.49. The molecule has 0 radical (unpaired) electrons. The summed E-state index contributed by atoms with van der Waals surface area (Å²) in [6.07, 6.45) is 5.72. The zero-order valence-electron chi connectivity index (χ0n) is 21.8. The molecule has 1 fully saturated rings. The van der Waals surface area contributed by atoms with Gasteiger partial charge in [0.1, 0.15) is 12.4 Å². The Morgan fingerprint density at radius 2 is 1.83 bits per heavy atom. The van der Waals surface area contributed by atoms with Crippen LogP contribution in [0, 0.1) is 20.8 Å². The van der Waals surface area contributed by atoms with Crippen LogP contribution in [-0.2, 0) is 20.1 Å². The highest BCUT2D eigenvalue weighted by atomic mass is 16.5. The molecule has 188 valence electrons. The van der Waals surface area contributed by atoms with E-state index in [9.17, 15) is 4.79 Å². The van der Waals surface area contributed by atoms with E-state index in [0.717, 1.165) is 53.2 Å². The molecule has 0 unspecified atom stereocenters. The first kappa shape index (κ1) is 24.0. The van der Waals surface area contributed by atoms with Crippen molar-refractivity contribution in [1.29, 1.82) is 0 Å². The van der Waals surface area contributed by atoms with Crippen molar-refractivity contribution >= 4 is 0 Å². The Morgan fingerprint density at radius 3 is 2.50 bits per heavy atom. The lowest BCUT2D eigenvalue weighted by molar-refractivity contribution is 0.302. The summed E-state index contributed by atoms with van der Waals surface area (Å²) in [7, 11) is 1.60. The van der Waals surface area contributed by atoms with Gasteiger partial charge in [0.2, 0.25) is 0 Å². The molecule has 8 nitrogen and oxygen atoms in total. The summed E-state index contributed by atoms with van der Waals surface area (Å²) in [6.45, 7) is 8.87. The Kier molecular flexibility index (Phi) is 6.51. The molecule has 0 bridgehead atoms. The fraction of sp³-hybridized carbons (Fsp3) is 0.429. The van der Waals surface area contributed by atoms with Crippen LogP contribution in [0.15, 0.2) is 41.2 Å². The maximum atomic E-state index is 12.6. The van der Waals surface area contributed by atoms with Gasteiger partial charge in [0.25, 0.3) is 0 Å². The van der Waals surface area contributed by atoms with Crippen molar-refractivity contribution in [2.75, 3.05) is 0 Å². The van der Waals surface area contributed by atoms with E-state index >= 15 is 0 Å². The van der Waals surface area contributed by atoms with Crippen molar-refractivity contribution in [3.8, 4) is 17.1 Å². The van der Waals surface area contributed by atoms with Gasteiger partial charge in [-0.3, -0.25) is 0 Å². The average molecular weight is 487 g/mol. The summed E-state index contributed by atoms with van der Waals surface area (Å²) < 4.78 is 11.0. The van der Waals surface area contributed by atoms with Crippen LogP contribution in [0.1, 0.15) is 72.2 Å². The molecule has 5 rings (SSSR count). The van der Waals surface area contributed by atoms with Gasteiger partial charge < -0.3 is 4.74 Å². The fourth-order valence-electron chi connectivity index (χ4n) is 4.91. The van der Waals surface area contributed by atoms with Crippen molar-refractivity contribution in [1.82, 2.24) is 29.6 Å². The van der Waals surface area contributed by atoms with Crippen molar-refractivity contribution < 1.29 is 4.74 Å². The smallest absolute Gasteiger partial charge is 0.368 e. The van der Waals surface area contributed by atoms with Crippen LogP contribution in [0.2, 0.25) is 0 Å². The Morgan fingerprint density at radius 1 is 1.03 bits per heavy atom. The van der Waals surface area contributed by atoms with Gasteiger partial charge in [-0.15, -0.1) is 0 Å². The molecule has 4 aromatic rings. The maximum absolute atomic E-state index is 12.6. The normalized spacial score (nSPS) is 13.4. The second kappa shape index (κ2) is 9.76. The van der Waals surface area contributed by atoms with Crippen molar-refractivity contribution in [3.63, 3.8) is 0 Å². The van der Waals surface area contributed by atoms with E-state index in [-0.39, 0.29) is 5.69 Å². The molecule has 1 aliphatic carbocycles. The third kappa shape index (κ3) is 4.47. The van der Waals surface area contributed by atoms with Gasteiger partial charge in [0.15, 0.2) is 0 Å². The SMILES string of the molecule is CCCCc1c(C)nn(-c2ccc(OCc3c(C4CC4)cccc3-n3nnn(C)c3=O)c(C)c2)c1C. The number of ether oxygens (including phenoxy) is 1. The van der Waals surface area contributed by atoms with Crippen LogP contribution in [0.25, 0.3) is 11.4 Å². The van der Waals surface area contributed by atoms with Crippen LogP contribution in [-0.4, -0.2) is 29.6 Å². The summed E-state index contributed by atoms with van der Waals surface area (Å²) in [6, 6.07) is 12.2. The third-order valence-electron chi connectivity index (χ3n) is 7.15. The lowest BCUT2D eigenvalue weighted by Gasteiger charge is -2.16. The Bertz CT molecular complexity index is 1460. The van der Waals surface area contributed by atoms with Crippen molar-refractivity contribution in [2.45, 2.75) is 72.3 Å². The van der Waals surface area contributed by atoms with Gasteiger partial charge in [0.05, 0.1) is 17.1 Å². The largest absolute Gasteiger partial charge is 0.489 e. The number of nitrogens with zero attached hydrogens (tertiary/aromatic N) is 6. The van der Waals surface area contributed by atoms with E-state index in [1.54, 1.807) is 7.05 Å². The summed E-state index contributed by atoms with van der Waals surface area (Å²) in [5.74, 6) is 1.32. The summed E-state index contributed by atoms with van der Waals surface area (Å²) in [5, 5.41) is 12.8. The number of rotatable bonds is 9. The predicted molar refractivity (Wildman–Crippen MR) is 139 cm³/mol. The van der Waals surface area contributed by atoms with E-state index in [0.29, 0.717) is 12.5 Å². The van der Waals surface area contributed by atoms with Gasteiger partial charge in [-0.1, -0.05) is 25.5 Å². The monoisotopic (exact) mass is 486 g/mol. The highest BCUT2D eigenvalue weighted by Crippen LogP contribution is 2.43. The molecule has 0 spiro atoms. The number of hydrogen-bond donors (Lipinski definition) is 0. The molecular weight excluding hydrogens is 452 g/mol. The Labute approximate surface area is 211 Å². The van der Waals surface area contributed by atoms with Gasteiger partial charge >= 0.3 is 5.69 Å². The molecule has 1 aliphatic rings. The van der Waals surface area contributed by atoms with Gasteiger partial charge in [-0.05, 0) is 104 Å². The second-order valence-corrected chi connectivity index (χ2v) is 9.82. The topological polar surface area (TPSA) is 79.8 Å².